The van der Waals surface area contributed by atoms with Crippen molar-refractivity contribution in [2.75, 3.05) is 6.61 Å². The van der Waals surface area contributed by atoms with Crippen LogP contribution in [-0.4, -0.2) is 18.4 Å². The van der Waals surface area contributed by atoms with Gasteiger partial charge in [0.15, 0.2) is 0 Å². The maximum atomic E-state index is 6.14. The normalized spacial score (nSPS) is 36.2. The summed E-state index contributed by atoms with van der Waals surface area (Å²) in [6.45, 7) is 12.7. The summed E-state index contributed by atoms with van der Waals surface area (Å²) in [5, 5.41) is 3.72. The van der Waals surface area contributed by atoms with Crippen LogP contribution >= 0.6 is 0 Å². The van der Waals surface area contributed by atoms with E-state index in [1.54, 1.807) is 0 Å². The van der Waals surface area contributed by atoms with Gasteiger partial charge in [0.1, 0.15) is 5.72 Å². The number of hydrogen-bond acceptors (Lipinski definition) is 2. The van der Waals surface area contributed by atoms with E-state index in [1.807, 2.05) is 0 Å². The third-order valence-corrected chi connectivity index (χ3v) is 3.92. The summed E-state index contributed by atoms with van der Waals surface area (Å²) < 4.78 is 6.14. The summed E-state index contributed by atoms with van der Waals surface area (Å²) in [7, 11) is 0. The Bertz CT molecular complexity index is 254. The molecule has 1 unspecified atom stereocenters. The molecular formula is C14H27NO. The van der Waals surface area contributed by atoms with Crippen LogP contribution < -0.4 is 5.32 Å². The van der Waals surface area contributed by atoms with Crippen molar-refractivity contribution in [3.63, 3.8) is 0 Å². The number of rotatable bonds is 0. The van der Waals surface area contributed by atoms with Gasteiger partial charge in [0.2, 0.25) is 0 Å². The fourth-order valence-electron chi connectivity index (χ4n) is 4.23. The average Bonchev–Trinajstić information content (AvgIpc) is 1.94. The lowest BCUT2D eigenvalue weighted by molar-refractivity contribution is -0.175. The second-order valence-electron chi connectivity index (χ2n) is 7.54. The van der Waals surface area contributed by atoms with Gasteiger partial charge in [0, 0.05) is 6.04 Å². The molecule has 2 rings (SSSR count). The van der Waals surface area contributed by atoms with Crippen LogP contribution in [0.1, 0.15) is 60.3 Å². The van der Waals surface area contributed by atoms with Gasteiger partial charge in [-0.2, -0.15) is 0 Å². The molecule has 1 saturated carbocycles. The van der Waals surface area contributed by atoms with E-state index in [1.165, 1.54) is 6.42 Å². The van der Waals surface area contributed by atoms with E-state index in [-0.39, 0.29) is 5.72 Å². The van der Waals surface area contributed by atoms with E-state index in [4.69, 9.17) is 4.74 Å². The lowest BCUT2D eigenvalue weighted by Gasteiger charge is -2.54. The molecule has 2 fully saturated rings. The largest absolute Gasteiger partial charge is 0.361 e. The van der Waals surface area contributed by atoms with Crippen LogP contribution in [0.2, 0.25) is 0 Å². The first-order valence-electron chi connectivity index (χ1n) is 6.64. The molecular weight excluding hydrogens is 198 g/mol. The highest BCUT2D eigenvalue weighted by atomic mass is 16.5. The molecule has 2 aliphatic rings. The smallest absolute Gasteiger partial charge is 0.120 e. The Morgan fingerprint density at radius 3 is 2.06 bits per heavy atom. The summed E-state index contributed by atoms with van der Waals surface area (Å²) >= 11 is 0. The molecule has 94 valence electrons. The Morgan fingerprint density at radius 1 is 1.00 bits per heavy atom. The van der Waals surface area contributed by atoms with E-state index in [0.29, 0.717) is 16.9 Å². The van der Waals surface area contributed by atoms with Crippen LogP contribution in [0.3, 0.4) is 0 Å². The van der Waals surface area contributed by atoms with Gasteiger partial charge in [-0.15, -0.1) is 0 Å². The van der Waals surface area contributed by atoms with Gasteiger partial charge in [-0.3, -0.25) is 5.32 Å². The first-order valence-corrected chi connectivity index (χ1v) is 6.64. The van der Waals surface area contributed by atoms with E-state index in [0.717, 1.165) is 25.9 Å². The van der Waals surface area contributed by atoms with Crippen molar-refractivity contribution in [1.29, 1.82) is 0 Å². The van der Waals surface area contributed by atoms with Gasteiger partial charge in [0.25, 0.3) is 0 Å². The second-order valence-corrected chi connectivity index (χ2v) is 7.54. The molecule has 2 nitrogen and oxygen atoms in total. The standard InChI is InChI=1S/C14H27NO/c1-11-6-7-16-14(15-11)9-12(2,3)8-13(4,5)10-14/h11,15H,6-10H2,1-5H3. The molecule has 1 aliphatic heterocycles. The fraction of sp³-hybridized carbons (Fsp3) is 1.00. The third-order valence-electron chi connectivity index (χ3n) is 3.92. The van der Waals surface area contributed by atoms with E-state index in [2.05, 4.69) is 39.9 Å². The predicted octanol–water partition coefficient (Wildman–Crippen LogP) is 3.32. The lowest BCUT2D eigenvalue weighted by atomic mass is 9.61. The van der Waals surface area contributed by atoms with E-state index >= 15 is 0 Å². The van der Waals surface area contributed by atoms with Crippen LogP contribution in [0.15, 0.2) is 0 Å². The molecule has 0 aromatic heterocycles. The minimum absolute atomic E-state index is 0.0527. The molecule has 16 heavy (non-hydrogen) atoms. The predicted molar refractivity (Wildman–Crippen MR) is 67.3 cm³/mol. The third kappa shape index (κ3) is 2.60. The van der Waals surface area contributed by atoms with Crippen molar-refractivity contribution in [1.82, 2.24) is 5.32 Å². The Morgan fingerprint density at radius 2 is 1.56 bits per heavy atom. The van der Waals surface area contributed by atoms with Crippen molar-refractivity contribution >= 4 is 0 Å². The first-order chi connectivity index (χ1) is 7.22. The summed E-state index contributed by atoms with van der Waals surface area (Å²) in [6.07, 6.45) is 4.73. The van der Waals surface area contributed by atoms with E-state index < -0.39 is 0 Å². The number of ether oxygens (including phenoxy) is 1. The molecule has 1 saturated heterocycles. The second kappa shape index (κ2) is 3.71. The molecule has 0 aromatic carbocycles. The first kappa shape index (κ1) is 12.4. The van der Waals surface area contributed by atoms with Crippen molar-refractivity contribution < 1.29 is 4.74 Å². The van der Waals surface area contributed by atoms with E-state index in [9.17, 15) is 0 Å². The zero-order valence-electron chi connectivity index (χ0n) is 11.5. The molecule has 0 amide bonds. The van der Waals surface area contributed by atoms with Crippen molar-refractivity contribution in [2.45, 2.75) is 72.1 Å². The van der Waals surface area contributed by atoms with Gasteiger partial charge < -0.3 is 4.74 Å². The molecule has 1 spiro atoms. The zero-order valence-corrected chi connectivity index (χ0v) is 11.5. The monoisotopic (exact) mass is 225 g/mol. The van der Waals surface area contributed by atoms with Gasteiger partial charge in [0.05, 0.1) is 6.61 Å². The average molecular weight is 225 g/mol. The molecule has 1 atom stereocenters. The van der Waals surface area contributed by atoms with Crippen LogP contribution in [-0.2, 0) is 4.74 Å². The van der Waals surface area contributed by atoms with Gasteiger partial charge in [-0.25, -0.2) is 0 Å². The highest BCUT2D eigenvalue weighted by molar-refractivity contribution is 4.99. The van der Waals surface area contributed by atoms with Crippen LogP contribution in [0.25, 0.3) is 0 Å². The van der Waals surface area contributed by atoms with Crippen LogP contribution in [0.5, 0.6) is 0 Å². The highest BCUT2D eigenvalue weighted by Gasteiger charge is 2.49. The summed E-state index contributed by atoms with van der Waals surface area (Å²) in [4.78, 5) is 0. The quantitative estimate of drug-likeness (QED) is 0.683. The minimum Gasteiger partial charge on any atom is -0.361 e. The van der Waals surface area contributed by atoms with Crippen molar-refractivity contribution in [3.8, 4) is 0 Å². The molecule has 0 radical (unpaired) electrons. The SMILES string of the molecule is CC1CCOC2(CC(C)(C)CC(C)(C)C2)N1. The van der Waals surface area contributed by atoms with Crippen LogP contribution in [0, 0.1) is 10.8 Å². The number of nitrogens with one attached hydrogen (secondary N) is 1. The highest BCUT2D eigenvalue weighted by Crippen LogP contribution is 2.51. The Hall–Kier alpha value is -0.0800. The molecule has 0 aromatic rings. The molecule has 1 N–H and O–H groups in total. The summed E-state index contributed by atoms with van der Waals surface area (Å²) in [6, 6.07) is 0.596. The van der Waals surface area contributed by atoms with Crippen molar-refractivity contribution in [3.05, 3.63) is 0 Å². The molecule has 1 aliphatic carbocycles. The Labute approximate surface area is 100 Å². The maximum absolute atomic E-state index is 6.14. The summed E-state index contributed by atoms with van der Waals surface area (Å²) in [5.74, 6) is 0. The zero-order chi connectivity index (χ0) is 12.0. The topological polar surface area (TPSA) is 21.3 Å². The Kier molecular flexibility index (Phi) is 2.87. The minimum atomic E-state index is -0.0527. The van der Waals surface area contributed by atoms with Crippen LogP contribution in [0.4, 0.5) is 0 Å². The van der Waals surface area contributed by atoms with Gasteiger partial charge in [-0.05, 0) is 43.4 Å². The maximum Gasteiger partial charge on any atom is 0.120 e. The molecule has 0 bridgehead atoms. The molecule has 1 heterocycles. The summed E-state index contributed by atoms with van der Waals surface area (Å²) in [5.41, 5.74) is 0.709. The van der Waals surface area contributed by atoms with Crippen molar-refractivity contribution in [2.24, 2.45) is 10.8 Å². The number of hydrogen-bond donors (Lipinski definition) is 1. The lowest BCUT2D eigenvalue weighted by Crippen LogP contribution is -2.61. The van der Waals surface area contributed by atoms with Gasteiger partial charge >= 0.3 is 0 Å². The van der Waals surface area contributed by atoms with Gasteiger partial charge in [-0.1, -0.05) is 27.7 Å². The Balaban J connectivity index is 2.20. The molecule has 2 heteroatoms. The fourth-order valence-corrected chi connectivity index (χ4v) is 4.23.